The molecule has 0 spiro atoms. The van der Waals surface area contributed by atoms with Crippen molar-refractivity contribution in [3.05, 3.63) is 130 Å². The minimum atomic E-state index is -0.00604. The van der Waals surface area contributed by atoms with Gasteiger partial charge in [0.15, 0.2) is 31.6 Å². The fraction of sp³-hybridized carbons (Fsp3) is 0.486. The molecule has 0 aliphatic carbocycles. The number of nitrogen functional groups attached to an aromatic ring is 1. The van der Waals surface area contributed by atoms with Crippen LogP contribution in [0.3, 0.4) is 0 Å². The second-order valence-electron chi connectivity index (χ2n) is 24.6. The first-order chi connectivity index (χ1) is 55.7. The van der Waals surface area contributed by atoms with Crippen molar-refractivity contribution in [3.63, 3.8) is 0 Å². The fourth-order valence-electron chi connectivity index (χ4n) is 9.87. The van der Waals surface area contributed by atoms with E-state index in [1.54, 1.807) is 116 Å². The van der Waals surface area contributed by atoms with Crippen molar-refractivity contribution < 1.29 is 4.74 Å². The fourth-order valence-corrected chi connectivity index (χ4v) is 20.0. The maximum Gasteiger partial charge on any atom is 0.254 e. The molecule has 0 bridgehead atoms. The summed E-state index contributed by atoms with van der Waals surface area (Å²) >= 11 is 28.3. The van der Waals surface area contributed by atoms with Crippen molar-refractivity contribution >= 4 is 235 Å². The third-order valence-corrected chi connectivity index (χ3v) is 26.9. The lowest BCUT2D eigenvalue weighted by atomic mass is 10.0. The Bertz CT molecular complexity index is 4500. The normalized spacial score (nSPS) is 13.0. The van der Waals surface area contributed by atoms with Gasteiger partial charge in [-0.3, -0.25) is 35.6 Å². The number of thiazole rings is 6. The number of hydrogen-bond acceptors (Lipinski definition) is 38. The predicted molar refractivity (Wildman–Crippen MR) is 503 cm³/mol. The Morgan fingerprint density at radius 2 is 0.930 bits per heavy atom. The molecule has 11 heterocycles. The minimum Gasteiger partial charge on any atom is -0.484 e. The molecule has 26 nitrogen and oxygen atoms in total. The van der Waals surface area contributed by atoms with E-state index in [-0.39, 0.29) is 11.4 Å². The van der Waals surface area contributed by atoms with Crippen LogP contribution in [0.2, 0.25) is 0 Å². The van der Waals surface area contributed by atoms with Gasteiger partial charge in [-0.25, -0.2) is 39.9 Å². The number of rotatable bonds is 37. The van der Waals surface area contributed by atoms with Crippen molar-refractivity contribution in [2.24, 2.45) is 30.7 Å². The maximum atomic E-state index is 12.6. The smallest absolute Gasteiger partial charge is 0.254 e. The van der Waals surface area contributed by atoms with Crippen LogP contribution in [-0.2, 0) is 58.5 Å². The number of nitriles is 3. The van der Waals surface area contributed by atoms with Gasteiger partial charge in [0.1, 0.15) is 29.2 Å². The van der Waals surface area contributed by atoms with E-state index in [1.165, 1.54) is 35.3 Å². The van der Waals surface area contributed by atoms with Crippen LogP contribution in [0.25, 0.3) is 0 Å². The van der Waals surface area contributed by atoms with E-state index in [4.69, 9.17) is 42.8 Å². The number of aliphatic imine (C=N–C) groups is 5. The number of benzene rings is 1. The topological polar surface area (TPSA) is 413 Å². The first-order valence-electron chi connectivity index (χ1n) is 36.8. The Balaban J connectivity index is 0.000000194. The van der Waals surface area contributed by atoms with E-state index in [2.05, 4.69) is 163 Å². The molecule has 0 fully saturated rings. The van der Waals surface area contributed by atoms with Crippen molar-refractivity contribution in [1.82, 2.24) is 39.9 Å². The first kappa shape index (κ1) is 94.6. The third kappa shape index (κ3) is 40.1. The van der Waals surface area contributed by atoms with Crippen LogP contribution in [0.1, 0.15) is 140 Å². The third-order valence-electron chi connectivity index (χ3n) is 15.5. The molecule has 4 aliphatic heterocycles. The molecule has 8 aromatic rings. The maximum absolute atomic E-state index is 12.6. The van der Waals surface area contributed by atoms with Crippen molar-refractivity contribution in [3.8, 4) is 18.2 Å². The summed E-state index contributed by atoms with van der Waals surface area (Å²) in [4.78, 5) is 68.8. The van der Waals surface area contributed by atoms with E-state index < -0.39 is 0 Å². The van der Waals surface area contributed by atoms with Gasteiger partial charge in [0.05, 0.1) is 65.3 Å². The monoisotopic (exact) mass is 1800 g/mol. The number of H-pyrrole nitrogens is 1. The van der Waals surface area contributed by atoms with Crippen LogP contribution in [-0.4, -0.2) is 160 Å². The summed E-state index contributed by atoms with van der Waals surface area (Å²) in [6.07, 6.45) is 14.1. The number of nitrogens with two attached hydrogens (primary N) is 2. The zero-order chi connectivity index (χ0) is 81.0. The number of nitrogens with zero attached hydrogens (tertiary/aromatic N) is 15. The molecule has 0 atom stereocenters. The highest BCUT2D eigenvalue weighted by atomic mass is 32.2. The Labute approximate surface area is 728 Å². The number of ether oxygens (including phenoxy) is 1. The predicted octanol–water partition coefficient (Wildman–Crippen LogP) is 17.7. The van der Waals surface area contributed by atoms with Gasteiger partial charge in [0.25, 0.3) is 5.56 Å². The minimum absolute atomic E-state index is 0.00604. The van der Waals surface area contributed by atoms with Crippen LogP contribution < -0.4 is 38.3 Å². The number of thioether (sulfide) groups is 6. The lowest BCUT2D eigenvalue weighted by Crippen LogP contribution is -2.20. The first-order valence-corrected chi connectivity index (χ1v) is 50.2. The zero-order valence-corrected chi connectivity index (χ0v) is 75.5. The van der Waals surface area contributed by atoms with Crippen LogP contribution in [0, 0.1) is 51.7 Å². The summed E-state index contributed by atoms with van der Waals surface area (Å²) in [5.41, 5.74) is 20.9. The molecule has 0 radical (unpaired) electrons. The highest BCUT2D eigenvalue weighted by Crippen LogP contribution is 2.28. The molecule has 7 aromatic heterocycles. The molecule has 610 valence electrons. The zero-order valence-electron chi connectivity index (χ0n) is 63.9. The standard InChI is InChI=1S/C23H27N5OS2.C12H18N4OS2.C11H17N5S2.C11H14N4S2.C10H13N3S4.C7H9N3S2/c1-16-19(10-9-17-6-3-2-4-7-17)22(29)27-21(25-16)11-13-30-14-18-15-31-23(26-18)28-20-8-5-12-24-20;1-17-10(13)4-6-18-7-9-8-19-12(15-9)16-11-3-2-5-14-11;12-9(13)3-5-17-6-8-7-18-11(15-8)16-10-2-1-4-14-10;12-4-2-6-16-7-9-8-17-11(14-9)15-10-3-1-5-13-10;11-2-1-3-16-6-9-7-17-10(13-9)12-8(4-14)5-15;8-2-1-3-11-4-6-5-12-7(9)10-6/h2-4,6-7,15H,5,8-14H2,1H3,(H,24,26,28)(H,25,27,29);8,13H,2-7H2,1H3,(H,14,15,16);7H,1-6H2,(H3,12,13)(H,14,15,16);8H,1-3,5-7H2,(H,13,14,15);7,14-15H,1,3-6H2;5H,1,3-4H2,(H2,9,10). The van der Waals surface area contributed by atoms with Crippen molar-refractivity contribution in [1.29, 1.82) is 26.6 Å². The van der Waals surface area contributed by atoms with Crippen molar-refractivity contribution in [2.45, 2.75) is 144 Å². The van der Waals surface area contributed by atoms with E-state index in [0.29, 0.717) is 61.1 Å². The van der Waals surface area contributed by atoms with Crippen LogP contribution in [0.4, 0.5) is 30.8 Å². The SMILES string of the molecule is COC(=N)CCSCc1csc(NC2=NCCC2)n1.Cc1nc(CCSCc2csc(NC3=NCCC3)n2)[nH]c(=O)c1CCc1ccccc1.N#CCCSCc1csc(N)n1.N#CCCSCc1csc(N=C(CS)CS)n1.N#CCCSCc1csc(NC2=NCCC2)n1.N=C(N)CCSCc1csc(NC2=NCCC2)n1. The van der Waals surface area contributed by atoms with E-state index in [0.717, 1.165) is 265 Å². The molecule has 40 heteroatoms. The van der Waals surface area contributed by atoms with Gasteiger partial charge in [0.2, 0.25) is 5.13 Å². The van der Waals surface area contributed by atoms with Crippen LogP contribution >= 0.6 is 164 Å². The number of nitrogens with one attached hydrogen (secondary N) is 7. The van der Waals surface area contributed by atoms with Crippen molar-refractivity contribution in [2.75, 3.05) is 106 Å². The second-order valence-corrected chi connectivity index (χ2v) is 37.0. The number of aromatic nitrogens is 8. The molecule has 1 aromatic carbocycles. The molecule has 11 N–H and O–H groups in total. The molecular formula is C74H98N24O2S14. The van der Waals surface area contributed by atoms with Gasteiger partial charge in [0, 0.05) is 220 Å². The molecule has 114 heavy (non-hydrogen) atoms. The number of anilines is 5. The van der Waals surface area contributed by atoms with Gasteiger partial charge in [-0.2, -0.15) is 112 Å². The largest absolute Gasteiger partial charge is 0.484 e. The van der Waals surface area contributed by atoms with Gasteiger partial charge >= 0.3 is 0 Å². The van der Waals surface area contributed by atoms with Gasteiger partial charge in [-0.05, 0) is 51.0 Å². The van der Waals surface area contributed by atoms with Gasteiger partial charge < -0.3 is 42.5 Å². The van der Waals surface area contributed by atoms with Crippen LogP contribution in [0.5, 0.6) is 0 Å². The summed E-state index contributed by atoms with van der Waals surface area (Å²) < 4.78 is 4.81. The quantitative estimate of drug-likeness (QED) is 0.00745. The summed E-state index contributed by atoms with van der Waals surface area (Å²) in [5.74, 6) is 17.2. The van der Waals surface area contributed by atoms with Gasteiger partial charge in [-0.15, -0.1) is 68.0 Å². The highest BCUT2D eigenvalue weighted by Gasteiger charge is 2.16. The lowest BCUT2D eigenvalue weighted by Gasteiger charge is -2.07. The number of aromatic amines is 1. The number of methoxy groups -OCH3 is 1. The highest BCUT2D eigenvalue weighted by molar-refractivity contribution is 7.99. The Kier molecular flexibility index (Phi) is 47.7. The lowest BCUT2D eigenvalue weighted by molar-refractivity contribution is 0.389. The molecular weight excluding hydrogens is 1710 g/mol. The Hall–Kier alpha value is -6.56. The molecule has 0 unspecified atom stereocenters. The van der Waals surface area contributed by atoms with Gasteiger partial charge in [-0.1, -0.05) is 30.3 Å². The van der Waals surface area contributed by atoms with E-state index >= 15 is 0 Å². The molecule has 0 saturated carbocycles. The number of aryl methyl sites for hydroxylation is 3. The average molecular weight is 1800 g/mol. The summed E-state index contributed by atoms with van der Waals surface area (Å²) in [6, 6.07) is 16.6. The van der Waals surface area contributed by atoms with E-state index in [1.807, 2.05) is 35.9 Å². The van der Waals surface area contributed by atoms with Crippen LogP contribution in [0.15, 0.2) is 92.4 Å². The molecule has 4 aliphatic rings. The summed E-state index contributed by atoms with van der Waals surface area (Å²) in [5, 5.41) is 70.1. The molecule has 0 amide bonds. The number of amidine groups is 5. The van der Waals surface area contributed by atoms with E-state index in [9.17, 15) is 4.79 Å². The summed E-state index contributed by atoms with van der Waals surface area (Å²) in [7, 11) is 1.54. The number of hydrogen-bond donors (Lipinski definition) is 11. The Morgan fingerprint density at radius 1 is 0.535 bits per heavy atom. The Morgan fingerprint density at radius 3 is 1.31 bits per heavy atom. The summed E-state index contributed by atoms with van der Waals surface area (Å²) in [6.45, 7) is 5.65. The number of thiol groups is 2. The molecule has 0 saturated heterocycles. The average Bonchev–Trinajstić information content (AvgIpc) is 1.40. The molecule has 12 rings (SSSR count). The second kappa shape index (κ2) is 57.5.